The molecular formula is C32H45N3O2. The molecule has 3 fully saturated rings. The second kappa shape index (κ2) is 11.1. The quantitative estimate of drug-likeness (QED) is 0.403. The predicted molar refractivity (Wildman–Crippen MR) is 150 cm³/mol. The van der Waals surface area contributed by atoms with Gasteiger partial charge in [-0.2, -0.15) is 0 Å². The van der Waals surface area contributed by atoms with Crippen molar-refractivity contribution in [2.24, 2.45) is 5.92 Å². The first-order valence-corrected chi connectivity index (χ1v) is 14.4. The Hall–Kier alpha value is -2.53. The maximum Gasteiger partial charge on any atom is 0.320 e. The topological polar surface area (TPSA) is 36.0 Å². The molecule has 2 amide bonds. The van der Waals surface area contributed by atoms with Crippen LogP contribution in [0.2, 0.25) is 0 Å². The van der Waals surface area contributed by atoms with E-state index in [0.717, 1.165) is 56.9 Å². The number of carbonyl (C=O) groups is 1. The highest BCUT2D eigenvalue weighted by atomic mass is 16.5. The first kappa shape index (κ1) is 26.1. The second-order valence-corrected chi connectivity index (χ2v) is 11.9. The van der Waals surface area contributed by atoms with Crippen LogP contribution in [0, 0.1) is 5.92 Å². The van der Waals surface area contributed by atoms with Crippen molar-refractivity contribution in [3.05, 3.63) is 65.7 Å². The lowest BCUT2D eigenvalue weighted by molar-refractivity contribution is 0.0226. The van der Waals surface area contributed by atoms with Gasteiger partial charge >= 0.3 is 6.03 Å². The van der Waals surface area contributed by atoms with Gasteiger partial charge in [-0.15, -0.1) is 0 Å². The zero-order valence-corrected chi connectivity index (χ0v) is 23.1. The number of hydrogen-bond donors (Lipinski definition) is 0. The molecule has 200 valence electrons. The van der Waals surface area contributed by atoms with Gasteiger partial charge in [0, 0.05) is 25.2 Å². The predicted octanol–water partition coefficient (Wildman–Crippen LogP) is 6.67. The first-order valence-electron chi connectivity index (χ1n) is 14.4. The van der Waals surface area contributed by atoms with Crippen molar-refractivity contribution in [1.29, 1.82) is 0 Å². The molecule has 1 aliphatic heterocycles. The Kier molecular flexibility index (Phi) is 7.80. The Balaban J connectivity index is 1.37. The first-order chi connectivity index (χ1) is 18.0. The van der Waals surface area contributed by atoms with E-state index in [0.29, 0.717) is 6.54 Å². The van der Waals surface area contributed by atoms with Gasteiger partial charge in [-0.1, -0.05) is 74.6 Å². The number of carbonyl (C=O) groups excluding carboxylic acids is 1. The van der Waals surface area contributed by atoms with E-state index in [1.807, 2.05) is 12.1 Å². The Morgan fingerprint density at radius 2 is 1.59 bits per heavy atom. The Labute approximate surface area is 223 Å². The van der Waals surface area contributed by atoms with Crippen LogP contribution in [0.3, 0.4) is 0 Å². The lowest BCUT2D eigenvalue weighted by Crippen LogP contribution is -2.55. The minimum absolute atomic E-state index is 0.0357. The summed E-state index contributed by atoms with van der Waals surface area (Å²) in [6.45, 7) is 2.41. The largest absolute Gasteiger partial charge is 0.497 e. The van der Waals surface area contributed by atoms with Gasteiger partial charge in [-0.25, -0.2) is 4.79 Å². The molecule has 0 unspecified atom stereocenters. The third-order valence-electron chi connectivity index (χ3n) is 9.75. The number of benzene rings is 2. The van der Waals surface area contributed by atoms with Gasteiger partial charge in [0.05, 0.1) is 12.6 Å². The maximum absolute atomic E-state index is 14.0. The van der Waals surface area contributed by atoms with Crippen molar-refractivity contribution in [3.8, 4) is 5.75 Å². The molecule has 1 spiro atoms. The summed E-state index contributed by atoms with van der Waals surface area (Å²) in [5.41, 5.74) is 2.55. The van der Waals surface area contributed by atoms with E-state index < -0.39 is 0 Å². The molecule has 2 aliphatic carbocycles. The molecule has 2 aromatic carbocycles. The summed E-state index contributed by atoms with van der Waals surface area (Å²) < 4.78 is 5.34. The fourth-order valence-electron chi connectivity index (χ4n) is 7.38. The minimum atomic E-state index is -0.0630. The molecule has 1 heterocycles. The SMILES string of the molecule is COc1ccc(CN2C[C@]3(CC[C@@](c4ccccc4)(N(C)C)CC3)N(CCC3CCCCC3)C2=O)cc1. The van der Waals surface area contributed by atoms with E-state index in [-0.39, 0.29) is 17.1 Å². The lowest BCUT2D eigenvalue weighted by atomic mass is 9.68. The summed E-state index contributed by atoms with van der Waals surface area (Å²) in [5.74, 6) is 1.64. The number of ether oxygens (including phenoxy) is 1. The van der Waals surface area contributed by atoms with E-state index in [4.69, 9.17) is 4.74 Å². The van der Waals surface area contributed by atoms with Crippen molar-refractivity contribution in [2.75, 3.05) is 34.3 Å². The maximum atomic E-state index is 14.0. The molecular weight excluding hydrogens is 458 g/mol. The van der Waals surface area contributed by atoms with Crippen molar-refractivity contribution >= 4 is 6.03 Å². The molecule has 3 aliphatic rings. The fourth-order valence-corrected chi connectivity index (χ4v) is 7.38. The van der Waals surface area contributed by atoms with Crippen molar-refractivity contribution in [1.82, 2.24) is 14.7 Å². The molecule has 2 aromatic rings. The number of amides is 2. The molecule has 37 heavy (non-hydrogen) atoms. The highest BCUT2D eigenvalue weighted by Gasteiger charge is 2.54. The van der Waals surface area contributed by atoms with Crippen molar-refractivity contribution in [2.45, 2.75) is 81.8 Å². The number of hydrogen-bond acceptors (Lipinski definition) is 3. The van der Waals surface area contributed by atoms with Gasteiger partial charge in [0.15, 0.2) is 0 Å². The number of nitrogens with zero attached hydrogens (tertiary/aromatic N) is 3. The average molecular weight is 504 g/mol. The smallest absolute Gasteiger partial charge is 0.320 e. The molecule has 0 N–H and O–H groups in total. The van der Waals surface area contributed by atoms with Gasteiger partial charge in [0.2, 0.25) is 0 Å². The Bertz CT molecular complexity index is 1020. The van der Waals surface area contributed by atoms with Crippen LogP contribution < -0.4 is 4.74 Å². The van der Waals surface area contributed by atoms with Crippen molar-refractivity contribution in [3.63, 3.8) is 0 Å². The second-order valence-electron chi connectivity index (χ2n) is 11.9. The fraction of sp³-hybridized carbons (Fsp3) is 0.594. The zero-order chi connectivity index (χ0) is 25.9. The molecule has 0 radical (unpaired) electrons. The van der Waals surface area contributed by atoms with E-state index in [1.54, 1.807) is 7.11 Å². The van der Waals surface area contributed by atoms with Gasteiger partial charge < -0.3 is 14.5 Å². The third kappa shape index (κ3) is 5.25. The van der Waals surface area contributed by atoms with Gasteiger partial charge in [-0.05, 0) is 75.4 Å². The summed E-state index contributed by atoms with van der Waals surface area (Å²) in [7, 11) is 6.14. The molecule has 5 heteroatoms. The molecule has 0 atom stereocenters. The van der Waals surface area contributed by atoms with Crippen LogP contribution in [0.4, 0.5) is 4.79 Å². The number of methoxy groups -OCH3 is 1. The molecule has 0 aromatic heterocycles. The standard InChI is InChI=1S/C32H45N3O2/c1-33(2)32(28-12-8-5-9-13-28)21-19-31(20-22-32)25-34(24-27-14-16-29(37-3)17-15-27)30(36)35(31)23-18-26-10-6-4-7-11-26/h5,8-9,12-17,26H,4,6-7,10-11,18-25H2,1-3H3/t31-,32-. The number of rotatable bonds is 8. The van der Waals surface area contributed by atoms with E-state index >= 15 is 0 Å². The molecule has 5 rings (SSSR count). The Morgan fingerprint density at radius 1 is 0.919 bits per heavy atom. The van der Waals surface area contributed by atoms with Crippen molar-refractivity contribution < 1.29 is 9.53 Å². The van der Waals surface area contributed by atoms with Crippen LogP contribution in [0.1, 0.15) is 75.3 Å². The van der Waals surface area contributed by atoms with Crippen LogP contribution in [-0.4, -0.2) is 60.6 Å². The van der Waals surface area contributed by atoms with Crippen LogP contribution in [0.5, 0.6) is 5.75 Å². The normalized spacial score (nSPS) is 26.9. The highest BCUT2D eigenvalue weighted by molar-refractivity contribution is 5.78. The van der Waals surface area contributed by atoms with Gasteiger partial charge in [0.25, 0.3) is 0 Å². The highest BCUT2D eigenvalue weighted by Crippen LogP contribution is 2.49. The van der Waals surface area contributed by atoms with Gasteiger partial charge in [0.1, 0.15) is 5.75 Å². The van der Waals surface area contributed by atoms with Crippen LogP contribution in [0.15, 0.2) is 54.6 Å². The summed E-state index contributed by atoms with van der Waals surface area (Å²) in [6, 6.07) is 19.4. The Morgan fingerprint density at radius 3 is 2.22 bits per heavy atom. The summed E-state index contributed by atoms with van der Waals surface area (Å²) in [4.78, 5) is 20.8. The van der Waals surface area contributed by atoms with Crippen LogP contribution in [0.25, 0.3) is 0 Å². The molecule has 0 bridgehead atoms. The monoisotopic (exact) mass is 503 g/mol. The van der Waals surface area contributed by atoms with Crippen LogP contribution >= 0.6 is 0 Å². The third-order valence-corrected chi connectivity index (χ3v) is 9.75. The summed E-state index contributed by atoms with van der Waals surface area (Å²) >= 11 is 0. The van der Waals surface area contributed by atoms with E-state index in [1.165, 1.54) is 43.2 Å². The van der Waals surface area contributed by atoms with E-state index in [9.17, 15) is 4.79 Å². The van der Waals surface area contributed by atoms with Crippen LogP contribution in [-0.2, 0) is 12.1 Å². The molecule has 1 saturated heterocycles. The summed E-state index contributed by atoms with van der Waals surface area (Å²) in [5, 5.41) is 0. The lowest BCUT2D eigenvalue weighted by Gasteiger charge is -2.51. The molecule has 2 saturated carbocycles. The van der Waals surface area contributed by atoms with Gasteiger partial charge in [-0.3, -0.25) is 4.90 Å². The average Bonchev–Trinajstić information content (AvgIpc) is 3.19. The molecule has 5 nitrogen and oxygen atoms in total. The summed E-state index contributed by atoms with van der Waals surface area (Å²) in [6.07, 6.45) is 12.2. The number of urea groups is 1. The zero-order valence-electron chi connectivity index (χ0n) is 23.1. The minimum Gasteiger partial charge on any atom is -0.497 e. The van der Waals surface area contributed by atoms with E-state index in [2.05, 4.69) is 71.3 Å².